The van der Waals surface area contributed by atoms with Crippen molar-refractivity contribution in [2.24, 2.45) is 12.8 Å². The fourth-order valence-corrected chi connectivity index (χ4v) is 4.37. The van der Waals surface area contributed by atoms with Crippen LogP contribution >= 0.6 is 0 Å². The van der Waals surface area contributed by atoms with Gasteiger partial charge in [-0.2, -0.15) is 5.10 Å². The van der Waals surface area contributed by atoms with E-state index >= 15 is 0 Å². The van der Waals surface area contributed by atoms with Crippen LogP contribution < -0.4 is 11.1 Å². The fourth-order valence-electron chi connectivity index (χ4n) is 4.37. The first kappa shape index (κ1) is 20.3. The molecule has 1 aromatic heterocycles. The lowest BCUT2D eigenvalue weighted by Crippen LogP contribution is -2.55. The number of hydrogen-bond donors (Lipinski definition) is 3. The van der Waals surface area contributed by atoms with Crippen molar-refractivity contribution in [2.45, 2.75) is 50.2 Å². The van der Waals surface area contributed by atoms with Crippen LogP contribution in [0, 0.1) is 0 Å². The number of aromatic nitrogens is 2. The van der Waals surface area contributed by atoms with Gasteiger partial charge in [0.1, 0.15) is 0 Å². The molecule has 0 radical (unpaired) electrons. The summed E-state index contributed by atoms with van der Waals surface area (Å²) in [6, 6.07) is 9.42. The molecule has 4 N–H and O–H groups in total. The average molecular weight is 387 g/mol. The minimum atomic E-state index is -0.968. The van der Waals surface area contributed by atoms with Crippen LogP contribution in [0.25, 0.3) is 10.9 Å². The molecule has 4 rings (SSSR count). The number of piperidine rings is 2. The molecule has 3 atom stereocenters. The molecule has 2 saturated heterocycles. The Bertz CT molecular complexity index is 835. The number of nitrogens with one attached hydrogen (secondary N) is 1. The van der Waals surface area contributed by atoms with Crippen LogP contribution in [0.1, 0.15) is 42.6 Å². The van der Waals surface area contributed by atoms with Crippen LogP contribution in [-0.4, -0.2) is 63.4 Å². The van der Waals surface area contributed by atoms with Gasteiger partial charge in [0.25, 0.3) is 5.91 Å². The molecule has 1 amide bonds. The first-order valence-corrected chi connectivity index (χ1v) is 9.77. The third kappa shape index (κ3) is 4.34. The summed E-state index contributed by atoms with van der Waals surface area (Å²) in [4.78, 5) is 24.5. The molecular formula is C20H29N5O3. The molecular weight excluding hydrogens is 358 g/mol. The number of fused-ring (bicyclic) bond motifs is 3. The molecule has 2 aromatic rings. The molecule has 8 nitrogen and oxygen atoms in total. The van der Waals surface area contributed by atoms with Gasteiger partial charge < -0.3 is 21.1 Å². The number of hydrogen-bond acceptors (Lipinski definition) is 5. The Kier molecular flexibility index (Phi) is 6.31. The lowest BCUT2D eigenvalue weighted by molar-refractivity contribution is -0.135. The number of carboxylic acid groups (broad SMARTS) is 1. The molecule has 8 heteroatoms. The molecule has 1 unspecified atom stereocenters. The second-order valence-electron chi connectivity index (χ2n) is 7.63. The first-order chi connectivity index (χ1) is 13.4. The van der Waals surface area contributed by atoms with Gasteiger partial charge in [-0.25, -0.2) is 0 Å². The van der Waals surface area contributed by atoms with Gasteiger partial charge in [-0.05, 0) is 38.8 Å². The highest BCUT2D eigenvalue weighted by Crippen LogP contribution is 2.32. The quantitative estimate of drug-likeness (QED) is 0.733. The van der Waals surface area contributed by atoms with Crippen LogP contribution in [-0.2, 0) is 11.8 Å². The number of amides is 1. The number of rotatable bonds is 3. The molecule has 0 aliphatic carbocycles. The van der Waals surface area contributed by atoms with Gasteiger partial charge in [-0.1, -0.05) is 24.6 Å². The van der Waals surface area contributed by atoms with Gasteiger partial charge in [-0.15, -0.1) is 0 Å². The summed E-state index contributed by atoms with van der Waals surface area (Å²) in [5.41, 5.74) is 6.12. The van der Waals surface area contributed by atoms with Crippen molar-refractivity contribution in [3.8, 4) is 0 Å². The Morgan fingerprint density at radius 3 is 2.43 bits per heavy atom. The number of nitrogens with two attached hydrogens (primary N) is 1. The maximum Gasteiger partial charge on any atom is 0.317 e. The lowest BCUT2D eigenvalue weighted by Gasteiger charge is -2.47. The van der Waals surface area contributed by atoms with E-state index in [0.717, 1.165) is 23.7 Å². The van der Waals surface area contributed by atoms with Crippen molar-refractivity contribution < 1.29 is 14.7 Å². The van der Waals surface area contributed by atoms with Crippen LogP contribution in [0.5, 0.6) is 0 Å². The van der Waals surface area contributed by atoms with E-state index in [4.69, 9.17) is 5.11 Å². The van der Waals surface area contributed by atoms with E-state index in [1.165, 1.54) is 19.3 Å². The van der Waals surface area contributed by atoms with Crippen molar-refractivity contribution in [1.82, 2.24) is 20.0 Å². The second kappa shape index (κ2) is 8.70. The molecule has 28 heavy (non-hydrogen) atoms. The zero-order valence-corrected chi connectivity index (χ0v) is 16.5. The predicted octanol–water partition coefficient (Wildman–Crippen LogP) is 1.35. The van der Waals surface area contributed by atoms with Crippen molar-refractivity contribution in [3.05, 3.63) is 30.0 Å². The summed E-state index contributed by atoms with van der Waals surface area (Å²) >= 11 is 0. The average Bonchev–Trinajstić information content (AvgIpc) is 3.00. The van der Waals surface area contributed by atoms with E-state index in [1.807, 2.05) is 31.3 Å². The maximum absolute atomic E-state index is 12.7. The summed E-state index contributed by atoms with van der Waals surface area (Å²) in [5, 5.41) is 16.2. The minimum absolute atomic E-state index is 0.0329. The van der Waals surface area contributed by atoms with Crippen LogP contribution in [0.2, 0.25) is 0 Å². The number of carbonyl (C=O) groups is 2. The summed E-state index contributed by atoms with van der Waals surface area (Å²) in [6.45, 7) is -0.278. The highest BCUT2D eigenvalue weighted by Gasteiger charge is 2.36. The topological polar surface area (TPSA) is 113 Å². The van der Waals surface area contributed by atoms with E-state index in [1.54, 1.807) is 4.68 Å². The fraction of sp³-hybridized carbons (Fsp3) is 0.550. The zero-order valence-electron chi connectivity index (χ0n) is 16.5. The number of benzene rings is 1. The minimum Gasteiger partial charge on any atom is -0.480 e. The standard InChI is InChI=1S/C18H24N4O.C2H5NO2/c1-21-13-6-5-7-14(21)11-12(10-13)19-18(23)17-15-8-3-4-9-16(15)22(2)20-17;3-1-2(4)5/h3-4,8-9,12-14H,5-7,10-11H2,1-2H3,(H,19,23);1,3H2,(H,4,5)/t12?,13-,14+;. The van der Waals surface area contributed by atoms with Gasteiger partial charge in [0.2, 0.25) is 0 Å². The van der Waals surface area contributed by atoms with Crippen LogP contribution in [0.4, 0.5) is 0 Å². The number of carbonyl (C=O) groups excluding carboxylic acids is 1. The predicted molar refractivity (Wildman–Crippen MR) is 107 cm³/mol. The third-order valence-corrected chi connectivity index (χ3v) is 5.82. The van der Waals surface area contributed by atoms with Crippen LogP contribution in [0.15, 0.2) is 24.3 Å². The van der Waals surface area contributed by atoms with E-state index in [9.17, 15) is 9.59 Å². The van der Waals surface area contributed by atoms with Gasteiger partial charge in [0, 0.05) is 30.6 Å². The van der Waals surface area contributed by atoms with Gasteiger partial charge >= 0.3 is 5.97 Å². The summed E-state index contributed by atoms with van der Waals surface area (Å²) in [5.74, 6) is -1.00. The zero-order chi connectivity index (χ0) is 20.3. The van der Waals surface area contributed by atoms with Gasteiger partial charge in [-0.3, -0.25) is 14.3 Å². The second-order valence-corrected chi connectivity index (χ2v) is 7.63. The highest BCUT2D eigenvalue weighted by atomic mass is 16.4. The normalized spacial score (nSPS) is 24.3. The molecule has 2 bridgehead atoms. The van der Waals surface area contributed by atoms with E-state index in [2.05, 4.69) is 28.1 Å². The summed E-state index contributed by atoms with van der Waals surface area (Å²) in [7, 11) is 4.12. The Hall–Kier alpha value is -2.45. The molecule has 2 aliphatic rings. The van der Waals surface area contributed by atoms with Crippen molar-refractivity contribution in [1.29, 1.82) is 0 Å². The van der Waals surface area contributed by atoms with E-state index in [-0.39, 0.29) is 18.5 Å². The van der Waals surface area contributed by atoms with E-state index < -0.39 is 5.97 Å². The monoisotopic (exact) mass is 387 g/mol. The Balaban J connectivity index is 0.000000403. The number of aryl methyl sites for hydroxylation is 1. The van der Waals surface area contributed by atoms with Crippen molar-refractivity contribution in [2.75, 3.05) is 13.6 Å². The number of carboxylic acids is 1. The SMILES string of the molecule is CN1[C@@H]2CCC[C@H]1CC(NC(=O)c1nn(C)c3ccccc13)C2.NCC(=O)O. The Morgan fingerprint density at radius 2 is 1.82 bits per heavy atom. The third-order valence-electron chi connectivity index (χ3n) is 5.82. The molecule has 3 heterocycles. The molecule has 1 aromatic carbocycles. The molecule has 152 valence electrons. The number of aliphatic carboxylic acids is 1. The molecule has 0 spiro atoms. The van der Waals surface area contributed by atoms with Crippen molar-refractivity contribution in [3.63, 3.8) is 0 Å². The molecule has 2 aliphatic heterocycles. The maximum atomic E-state index is 12.7. The first-order valence-electron chi connectivity index (χ1n) is 9.77. The largest absolute Gasteiger partial charge is 0.480 e. The molecule has 2 fully saturated rings. The molecule has 0 saturated carbocycles. The van der Waals surface area contributed by atoms with E-state index in [0.29, 0.717) is 17.8 Å². The van der Waals surface area contributed by atoms with Gasteiger partial charge in [0.05, 0.1) is 12.1 Å². The number of para-hydroxylation sites is 1. The van der Waals surface area contributed by atoms with Gasteiger partial charge in [0.15, 0.2) is 5.69 Å². The lowest BCUT2D eigenvalue weighted by atomic mass is 9.82. The highest BCUT2D eigenvalue weighted by molar-refractivity contribution is 6.04. The summed E-state index contributed by atoms with van der Waals surface area (Å²) < 4.78 is 1.79. The van der Waals surface area contributed by atoms with Crippen molar-refractivity contribution >= 4 is 22.8 Å². The number of nitrogens with zero attached hydrogens (tertiary/aromatic N) is 3. The smallest absolute Gasteiger partial charge is 0.317 e. The van der Waals surface area contributed by atoms with Crippen LogP contribution in [0.3, 0.4) is 0 Å². The summed E-state index contributed by atoms with van der Waals surface area (Å²) in [6.07, 6.45) is 5.95. The Labute approximate surface area is 164 Å². The Morgan fingerprint density at radius 1 is 1.21 bits per heavy atom.